The molecule has 2 atom stereocenters. The summed E-state index contributed by atoms with van der Waals surface area (Å²) in [7, 11) is 0. The Bertz CT molecular complexity index is 479. The molecule has 0 saturated carbocycles. The van der Waals surface area contributed by atoms with Crippen LogP contribution in [0.3, 0.4) is 0 Å². The topological polar surface area (TPSA) is 49.3 Å². The quantitative estimate of drug-likeness (QED) is 0.885. The van der Waals surface area contributed by atoms with E-state index in [1.807, 2.05) is 40.6 Å². The van der Waals surface area contributed by atoms with Gasteiger partial charge in [-0.1, -0.05) is 0 Å². The highest BCUT2D eigenvalue weighted by molar-refractivity contribution is 7.08. The van der Waals surface area contributed by atoms with Gasteiger partial charge in [-0.3, -0.25) is 4.79 Å². The Morgan fingerprint density at radius 2 is 1.89 bits per heavy atom. The van der Waals surface area contributed by atoms with Crippen LogP contribution < -0.4 is 5.32 Å². The molecule has 0 aliphatic heterocycles. The molecule has 2 unspecified atom stereocenters. The monoisotopic (exact) mass is 281 g/mol. The minimum Gasteiger partial charge on any atom is -0.387 e. The van der Waals surface area contributed by atoms with Crippen LogP contribution in [0.5, 0.6) is 0 Å². The van der Waals surface area contributed by atoms with Crippen molar-refractivity contribution in [3.05, 3.63) is 44.8 Å². The number of aliphatic hydroxyl groups excluding tert-OH is 1. The molecule has 18 heavy (non-hydrogen) atoms. The predicted octanol–water partition coefficient (Wildman–Crippen LogP) is 2.76. The summed E-state index contributed by atoms with van der Waals surface area (Å²) in [5.41, 5.74) is 1.87. The molecule has 0 aliphatic carbocycles. The molecule has 2 aromatic heterocycles. The lowest BCUT2D eigenvalue weighted by Gasteiger charge is -2.14. The minimum absolute atomic E-state index is 0.0531. The lowest BCUT2D eigenvalue weighted by molar-refractivity contribution is -0.122. The molecule has 0 radical (unpaired) electrons. The van der Waals surface area contributed by atoms with E-state index in [9.17, 15) is 9.90 Å². The number of hydrogen-bond donors (Lipinski definition) is 2. The first-order chi connectivity index (χ1) is 8.68. The highest BCUT2D eigenvalue weighted by Gasteiger charge is 2.17. The second kappa shape index (κ2) is 6.13. The van der Waals surface area contributed by atoms with Crippen molar-refractivity contribution in [2.45, 2.75) is 18.9 Å². The number of aliphatic hydroxyl groups is 1. The first-order valence-electron chi connectivity index (χ1n) is 5.68. The number of carbonyl (C=O) groups is 1. The fourth-order valence-electron chi connectivity index (χ4n) is 1.61. The lowest BCUT2D eigenvalue weighted by Crippen LogP contribution is -2.31. The molecule has 2 heterocycles. The van der Waals surface area contributed by atoms with E-state index in [2.05, 4.69) is 5.32 Å². The Hall–Kier alpha value is -1.17. The Kier molecular flexibility index (Phi) is 4.52. The molecule has 2 rings (SSSR count). The second-order valence-electron chi connectivity index (χ2n) is 4.10. The standard InChI is InChI=1S/C13H15NO2S2/c1-9(10-2-4-17-7-10)13(16)14-6-12(15)11-3-5-18-8-11/h2-5,7-9,12,15H,6H2,1H3,(H,14,16). The van der Waals surface area contributed by atoms with Gasteiger partial charge in [-0.2, -0.15) is 22.7 Å². The van der Waals surface area contributed by atoms with Gasteiger partial charge in [0.25, 0.3) is 0 Å². The molecule has 1 amide bonds. The molecule has 5 heteroatoms. The molecule has 0 saturated heterocycles. The van der Waals surface area contributed by atoms with Gasteiger partial charge in [0.15, 0.2) is 0 Å². The van der Waals surface area contributed by atoms with Crippen molar-refractivity contribution in [2.24, 2.45) is 0 Å². The molecule has 2 aromatic rings. The summed E-state index contributed by atoms with van der Waals surface area (Å²) < 4.78 is 0. The molecular weight excluding hydrogens is 266 g/mol. The van der Waals surface area contributed by atoms with Crippen molar-refractivity contribution in [3.63, 3.8) is 0 Å². The van der Waals surface area contributed by atoms with Crippen LogP contribution in [0.15, 0.2) is 33.7 Å². The van der Waals surface area contributed by atoms with E-state index in [1.54, 1.807) is 11.3 Å². The number of amides is 1. The van der Waals surface area contributed by atoms with Crippen molar-refractivity contribution in [2.75, 3.05) is 6.54 Å². The van der Waals surface area contributed by atoms with Crippen LogP contribution in [0.1, 0.15) is 30.1 Å². The number of nitrogens with one attached hydrogen (secondary N) is 1. The average Bonchev–Trinajstić information content (AvgIpc) is 3.05. The third-order valence-corrected chi connectivity index (χ3v) is 4.24. The Balaban J connectivity index is 1.85. The van der Waals surface area contributed by atoms with E-state index in [4.69, 9.17) is 0 Å². The maximum absolute atomic E-state index is 11.9. The van der Waals surface area contributed by atoms with Gasteiger partial charge < -0.3 is 10.4 Å². The van der Waals surface area contributed by atoms with Gasteiger partial charge in [-0.15, -0.1) is 0 Å². The molecule has 0 aliphatic rings. The third kappa shape index (κ3) is 3.19. The number of carbonyl (C=O) groups excluding carboxylic acids is 1. The van der Waals surface area contributed by atoms with Crippen molar-refractivity contribution in [1.29, 1.82) is 0 Å². The van der Waals surface area contributed by atoms with E-state index in [0.717, 1.165) is 11.1 Å². The zero-order valence-electron chi connectivity index (χ0n) is 10.00. The maximum Gasteiger partial charge on any atom is 0.227 e. The molecule has 96 valence electrons. The summed E-state index contributed by atoms with van der Waals surface area (Å²) in [6, 6.07) is 3.81. The van der Waals surface area contributed by atoms with Crippen LogP contribution in [-0.2, 0) is 4.79 Å². The van der Waals surface area contributed by atoms with E-state index < -0.39 is 6.10 Å². The Labute approximate surface area is 114 Å². The van der Waals surface area contributed by atoms with E-state index in [1.165, 1.54) is 11.3 Å². The molecule has 0 bridgehead atoms. The Morgan fingerprint density at radius 3 is 2.44 bits per heavy atom. The first kappa shape index (κ1) is 13.3. The average molecular weight is 281 g/mol. The van der Waals surface area contributed by atoms with Gasteiger partial charge in [-0.25, -0.2) is 0 Å². The molecule has 0 spiro atoms. The van der Waals surface area contributed by atoms with Gasteiger partial charge in [0.1, 0.15) is 0 Å². The summed E-state index contributed by atoms with van der Waals surface area (Å²) >= 11 is 3.11. The number of hydrogen-bond acceptors (Lipinski definition) is 4. The highest BCUT2D eigenvalue weighted by atomic mass is 32.1. The van der Waals surface area contributed by atoms with Crippen LogP contribution in [0.25, 0.3) is 0 Å². The SMILES string of the molecule is CC(C(=O)NCC(O)c1ccsc1)c1ccsc1. The second-order valence-corrected chi connectivity index (χ2v) is 5.66. The van der Waals surface area contributed by atoms with Crippen LogP contribution in [-0.4, -0.2) is 17.6 Å². The van der Waals surface area contributed by atoms with Gasteiger partial charge in [0.05, 0.1) is 12.0 Å². The van der Waals surface area contributed by atoms with Crippen molar-refractivity contribution in [3.8, 4) is 0 Å². The summed E-state index contributed by atoms with van der Waals surface area (Å²) in [5.74, 6) is -0.228. The van der Waals surface area contributed by atoms with Crippen LogP contribution in [0, 0.1) is 0 Å². The first-order valence-corrected chi connectivity index (χ1v) is 7.57. The fraction of sp³-hybridized carbons (Fsp3) is 0.308. The molecule has 3 nitrogen and oxygen atoms in total. The molecule has 2 N–H and O–H groups in total. The largest absolute Gasteiger partial charge is 0.387 e. The number of thiophene rings is 2. The number of rotatable bonds is 5. The molecule has 0 aromatic carbocycles. The zero-order valence-corrected chi connectivity index (χ0v) is 11.6. The van der Waals surface area contributed by atoms with Crippen molar-refractivity contribution in [1.82, 2.24) is 5.32 Å². The lowest BCUT2D eigenvalue weighted by atomic mass is 10.0. The minimum atomic E-state index is -0.630. The summed E-state index contributed by atoms with van der Waals surface area (Å²) in [4.78, 5) is 11.9. The maximum atomic E-state index is 11.9. The Morgan fingerprint density at radius 1 is 1.28 bits per heavy atom. The van der Waals surface area contributed by atoms with Crippen LogP contribution >= 0.6 is 22.7 Å². The summed E-state index contributed by atoms with van der Waals surface area (Å²) in [6.45, 7) is 2.12. The normalized spacial score (nSPS) is 14.1. The van der Waals surface area contributed by atoms with Crippen LogP contribution in [0.4, 0.5) is 0 Å². The summed E-state index contributed by atoms with van der Waals surface area (Å²) in [5, 5.41) is 20.4. The van der Waals surface area contributed by atoms with Gasteiger partial charge in [0, 0.05) is 6.54 Å². The molecule has 0 fully saturated rings. The van der Waals surface area contributed by atoms with E-state index in [-0.39, 0.29) is 18.4 Å². The highest BCUT2D eigenvalue weighted by Crippen LogP contribution is 2.19. The van der Waals surface area contributed by atoms with Crippen molar-refractivity contribution >= 4 is 28.6 Å². The smallest absolute Gasteiger partial charge is 0.227 e. The van der Waals surface area contributed by atoms with Gasteiger partial charge >= 0.3 is 0 Å². The summed E-state index contributed by atoms with van der Waals surface area (Å²) in [6.07, 6.45) is -0.630. The van der Waals surface area contributed by atoms with Crippen LogP contribution in [0.2, 0.25) is 0 Å². The molecular formula is C13H15NO2S2. The van der Waals surface area contributed by atoms with Gasteiger partial charge in [0.2, 0.25) is 5.91 Å². The van der Waals surface area contributed by atoms with E-state index in [0.29, 0.717) is 0 Å². The zero-order chi connectivity index (χ0) is 13.0. The van der Waals surface area contributed by atoms with Crippen molar-refractivity contribution < 1.29 is 9.90 Å². The predicted molar refractivity (Wildman–Crippen MR) is 75.0 cm³/mol. The van der Waals surface area contributed by atoms with Gasteiger partial charge in [-0.05, 0) is 51.7 Å². The van der Waals surface area contributed by atoms with E-state index >= 15 is 0 Å². The third-order valence-electron chi connectivity index (χ3n) is 2.83. The fourth-order valence-corrected chi connectivity index (χ4v) is 3.07.